The van der Waals surface area contributed by atoms with Gasteiger partial charge in [-0.2, -0.15) is 0 Å². The predicted octanol–water partition coefficient (Wildman–Crippen LogP) is 4.20. The molecule has 4 rings (SSSR count). The first-order valence-electron chi connectivity index (χ1n) is 9.90. The molecule has 0 bridgehead atoms. The molecule has 29 heavy (non-hydrogen) atoms. The third-order valence-electron chi connectivity index (χ3n) is 5.20. The summed E-state index contributed by atoms with van der Waals surface area (Å²) < 4.78 is 11.3. The molecule has 1 aliphatic rings. The molecule has 2 amide bonds. The Morgan fingerprint density at radius 1 is 1.21 bits per heavy atom. The standard InChI is InChI=1S/C23H24N2O4/c1-3-28-18-10-11-20-19(13-18)15(2)22(29-20)23(27)24-14-16-6-8-17(9-7-16)25-12-4-5-21(25)26/h6-11,13H,3-5,12,14H2,1-2H3,(H,24,27). The Morgan fingerprint density at radius 2 is 2.00 bits per heavy atom. The highest BCUT2D eigenvalue weighted by Crippen LogP contribution is 2.29. The Balaban J connectivity index is 1.44. The molecule has 3 aromatic rings. The van der Waals surface area contributed by atoms with Gasteiger partial charge >= 0.3 is 0 Å². The molecule has 1 fully saturated rings. The van der Waals surface area contributed by atoms with E-state index in [1.54, 1.807) is 4.90 Å². The number of carbonyl (C=O) groups excluding carboxylic acids is 2. The van der Waals surface area contributed by atoms with Crippen molar-refractivity contribution in [2.75, 3.05) is 18.1 Å². The van der Waals surface area contributed by atoms with Gasteiger partial charge in [0.1, 0.15) is 11.3 Å². The Morgan fingerprint density at radius 3 is 2.69 bits per heavy atom. The summed E-state index contributed by atoms with van der Waals surface area (Å²) in [6.45, 7) is 5.54. The highest BCUT2D eigenvalue weighted by Gasteiger charge is 2.21. The van der Waals surface area contributed by atoms with Gasteiger partial charge < -0.3 is 19.4 Å². The van der Waals surface area contributed by atoms with Crippen LogP contribution in [0.2, 0.25) is 0 Å². The fraction of sp³-hybridized carbons (Fsp3) is 0.304. The first-order valence-corrected chi connectivity index (χ1v) is 9.90. The number of hydrogen-bond acceptors (Lipinski definition) is 4. The minimum Gasteiger partial charge on any atom is -0.494 e. The van der Waals surface area contributed by atoms with Crippen molar-refractivity contribution in [3.8, 4) is 5.75 Å². The molecular formula is C23H24N2O4. The van der Waals surface area contributed by atoms with E-state index in [2.05, 4.69) is 5.32 Å². The van der Waals surface area contributed by atoms with Gasteiger partial charge in [0.25, 0.3) is 5.91 Å². The number of rotatable bonds is 6. The zero-order valence-electron chi connectivity index (χ0n) is 16.7. The third-order valence-corrected chi connectivity index (χ3v) is 5.20. The zero-order valence-corrected chi connectivity index (χ0v) is 16.7. The monoisotopic (exact) mass is 392 g/mol. The molecular weight excluding hydrogens is 368 g/mol. The van der Waals surface area contributed by atoms with Gasteiger partial charge in [0, 0.05) is 36.1 Å². The predicted molar refractivity (Wildman–Crippen MR) is 111 cm³/mol. The van der Waals surface area contributed by atoms with Crippen molar-refractivity contribution in [3.05, 3.63) is 59.4 Å². The van der Waals surface area contributed by atoms with E-state index in [1.165, 1.54) is 0 Å². The highest BCUT2D eigenvalue weighted by molar-refractivity contribution is 5.99. The molecule has 1 N–H and O–H groups in total. The van der Waals surface area contributed by atoms with Crippen molar-refractivity contribution in [1.82, 2.24) is 5.32 Å². The minimum absolute atomic E-state index is 0.166. The summed E-state index contributed by atoms with van der Waals surface area (Å²) in [7, 11) is 0. The molecule has 0 atom stereocenters. The van der Waals surface area contributed by atoms with Crippen LogP contribution in [0.15, 0.2) is 46.9 Å². The summed E-state index contributed by atoms with van der Waals surface area (Å²) in [6.07, 6.45) is 1.51. The number of benzene rings is 2. The van der Waals surface area contributed by atoms with Gasteiger partial charge in [0.15, 0.2) is 5.76 Å². The van der Waals surface area contributed by atoms with Gasteiger partial charge in [-0.05, 0) is 56.2 Å². The van der Waals surface area contributed by atoms with Crippen LogP contribution in [0.25, 0.3) is 11.0 Å². The molecule has 1 saturated heterocycles. The van der Waals surface area contributed by atoms with Crippen LogP contribution in [0.4, 0.5) is 5.69 Å². The number of anilines is 1. The average molecular weight is 392 g/mol. The lowest BCUT2D eigenvalue weighted by Gasteiger charge is -2.16. The Labute approximate surface area is 169 Å². The Bertz CT molecular complexity index is 1050. The number of amides is 2. The Kier molecular flexibility index (Phi) is 5.25. The summed E-state index contributed by atoms with van der Waals surface area (Å²) >= 11 is 0. The van der Waals surface area contributed by atoms with Crippen LogP contribution < -0.4 is 15.0 Å². The van der Waals surface area contributed by atoms with Gasteiger partial charge in [0.2, 0.25) is 5.91 Å². The quantitative estimate of drug-likeness (QED) is 0.683. The lowest BCUT2D eigenvalue weighted by atomic mass is 10.1. The summed E-state index contributed by atoms with van der Waals surface area (Å²) in [5.74, 6) is 0.981. The van der Waals surface area contributed by atoms with E-state index in [9.17, 15) is 9.59 Å². The number of aryl methyl sites for hydroxylation is 1. The van der Waals surface area contributed by atoms with Crippen LogP contribution in [0, 0.1) is 6.92 Å². The zero-order chi connectivity index (χ0) is 20.4. The summed E-state index contributed by atoms with van der Waals surface area (Å²) in [4.78, 5) is 26.3. The molecule has 6 heteroatoms. The van der Waals surface area contributed by atoms with E-state index in [4.69, 9.17) is 9.15 Å². The molecule has 2 aromatic carbocycles. The molecule has 1 aliphatic heterocycles. The number of nitrogens with zero attached hydrogens (tertiary/aromatic N) is 1. The Hall–Kier alpha value is -3.28. The fourth-order valence-electron chi connectivity index (χ4n) is 3.65. The number of hydrogen-bond donors (Lipinski definition) is 1. The van der Waals surface area contributed by atoms with E-state index in [1.807, 2.05) is 56.3 Å². The number of fused-ring (bicyclic) bond motifs is 1. The van der Waals surface area contributed by atoms with Crippen LogP contribution in [-0.4, -0.2) is 25.0 Å². The van der Waals surface area contributed by atoms with Crippen LogP contribution >= 0.6 is 0 Å². The summed E-state index contributed by atoms with van der Waals surface area (Å²) in [6, 6.07) is 13.3. The maximum atomic E-state index is 12.6. The topological polar surface area (TPSA) is 71.8 Å². The van der Waals surface area contributed by atoms with Crippen molar-refractivity contribution in [3.63, 3.8) is 0 Å². The largest absolute Gasteiger partial charge is 0.494 e. The van der Waals surface area contributed by atoms with Gasteiger partial charge in [-0.15, -0.1) is 0 Å². The van der Waals surface area contributed by atoms with Crippen molar-refractivity contribution >= 4 is 28.5 Å². The van der Waals surface area contributed by atoms with E-state index in [0.29, 0.717) is 30.9 Å². The van der Waals surface area contributed by atoms with E-state index in [0.717, 1.165) is 40.9 Å². The number of furan rings is 1. The van der Waals surface area contributed by atoms with Crippen molar-refractivity contribution in [1.29, 1.82) is 0 Å². The van der Waals surface area contributed by atoms with Gasteiger partial charge in [-0.25, -0.2) is 0 Å². The summed E-state index contributed by atoms with van der Waals surface area (Å²) in [5.41, 5.74) is 3.32. The molecule has 0 aliphatic carbocycles. The van der Waals surface area contributed by atoms with Crippen LogP contribution in [-0.2, 0) is 11.3 Å². The van der Waals surface area contributed by atoms with Crippen molar-refractivity contribution < 1.29 is 18.7 Å². The first kappa shape index (κ1) is 19.1. The number of carbonyl (C=O) groups is 2. The van der Waals surface area contributed by atoms with Gasteiger partial charge in [-0.1, -0.05) is 12.1 Å². The third kappa shape index (κ3) is 3.83. The number of nitrogens with one attached hydrogen (secondary N) is 1. The molecule has 1 aromatic heterocycles. The second-order valence-corrected chi connectivity index (χ2v) is 7.15. The second-order valence-electron chi connectivity index (χ2n) is 7.15. The minimum atomic E-state index is -0.254. The molecule has 150 valence electrons. The van der Waals surface area contributed by atoms with E-state index >= 15 is 0 Å². The molecule has 0 unspecified atom stereocenters. The molecule has 2 heterocycles. The molecule has 6 nitrogen and oxygen atoms in total. The smallest absolute Gasteiger partial charge is 0.287 e. The van der Waals surface area contributed by atoms with Crippen molar-refractivity contribution in [2.24, 2.45) is 0 Å². The van der Waals surface area contributed by atoms with Gasteiger partial charge in [0.05, 0.1) is 6.61 Å². The first-order chi connectivity index (χ1) is 14.1. The maximum Gasteiger partial charge on any atom is 0.287 e. The van der Waals surface area contributed by atoms with Crippen LogP contribution in [0.3, 0.4) is 0 Å². The van der Waals surface area contributed by atoms with Crippen LogP contribution in [0.1, 0.15) is 41.4 Å². The van der Waals surface area contributed by atoms with Crippen LogP contribution in [0.5, 0.6) is 5.75 Å². The van der Waals surface area contributed by atoms with E-state index in [-0.39, 0.29) is 11.8 Å². The maximum absolute atomic E-state index is 12.6. The number of ether oxygens (including phenoxy) is 1. The van der Waals surface area contributed by atoms with Crippen molar-refractivity contribution in [2.45, 2.75) is 33.2 Å². The average Bonchev–Trinajstić information content (AvgIpc) is 3.30. The summed E-state index contributed by atoms with van der Waals surface area (Å²) in [5, 5.41) is 3.79. The normalized spacial score (nSPS) is 13.9. The highest BCUT2D eigenvalue weighted by atomic mass is 16.5. The SMILES string of the molecule is CCOc1ccc2oc(C(=O)NCc3ccc(N4CCCC4=O)cc3)c(C)c2c1. The molecule has 0 radical (unpaired) electrons. The van der Waals surface area contributed by atoms with E-state index < -0.39 is 0 Å². The molecule has 0 spiro atoms. The lowest BCUT2D eigenvalue weighted by Crippen LogP contribution is -2.24. The second kappa shape index (κ2) is 7.99. The van der Waals surface area contributed by atoms with Gasteiger partial charge in [-0.3, -0.25) is 9.59 Å². The fourth-order valence-corrected chi connectivity index (χ4v) is 3.65. The molecule has 0 saturated carbocycles. The lowest BCUT2D eigenvalue weighted by molar-refractivity contribution is -0.117.